The Kier molecular flexibility index (Phi) is 3.47. The lowest BCUT2D eigenvalue weighted by Crippen LogP contribution is -2.31. The van der Waals surface area contributed by atoms with Crippen molar-refractivity contribution in [3.63, 3.8) is 0 Å². The first-order valence-electron chi connectivity index (χ1n) is 6.59. The highest BCUT2D eigenvalue weighted by Crippen LogP contribution is 2.32. The van der Waals surface area contributed by atoms with Crippen LogP contribution in [-0.4, -0.2) is 30.6 Å². The van der Waals surface area contributed by atoms with Crippen LogP contribution >= 0.6 is 11.6 Å². The largest absolute Gasteiger partial charge is 0.497 e. The number of pyridine rings is 1. The monoisotopic (exact) mass is 276 g/mol. The number of ether oxygens (including phenoxy) is 1. The fourth-order valence-corrected chi connectivity index (χ4v) is 3.09. The van der Waals surface area contributed by atoms with Gasteiger partial charge in [0.15, 0.2) is 0 Å². The fraction of sp³-hybridized carbons (Fsp3) is 0.400. The normalized spacial score (nSPS) is 19.1. The average Bonchev–Trinajstić information content (AvgIpc) is 2.94. The summed E-state index contributed by atoms with van der Waals surface area (Å²) in [4.78, 5) is 6.90. The maximum atomic E-state index is 6.06. The van der Waals surface area contributed by atoms with Gasteiger partial charge in [-0.1, -0.05) is 0 Å². The molecular weight excluding hydrogens is 260 g/mol. The molecule has 1 atom stereocenters. The molecule has 1 aromatic heterocycles. The number of rotatable bonds is 3. The molecule has 2 aromatic rings. The topological polar surface area (TPSA) is 25.4 Å². The highest BCUT2D eigenvalue weighted by atomic mass is 35.5. The summed E-state index contributed by atoms with van der Waals surface area (Å²) in [7, 11) is 1.69. The van der Waals surface area contributed by atoms with Gasteiger partial charge in [0.25, 0.3) is 0 Å². The van der Waals surface area contributed by atoms with Gasteiger partial charge in [-0.25, -0.2) is 4.98 Å². The summed E-state index contributed by atoms with van der Waals surface area (Å²) >= 11 is 6.06. The Bertz CT molecular complexity index is 587. The van der Waals surface area contributed by atoms with Crippen molar-refractivity contribution in [1.82, 2.24) is 4.98 Å². The van der Waals surface area contributed by atoms with Crippen LogP contribution in [-0.2, 0) is 0 Å². The Morgan fingerprint density at radius 1 is 1.42 bits per heavy atom. The first-order valence-corrected chi connectivity index (χ1v) is 7.12. The van der Waals surface area contributed by atoms with Gasteiger partial charge in [0.2, 0.25) is 0 Å². The van der Waals surface area contributed by atoms with Gasteiger partial charge in [-0.05, 0) is 42.5 Å². The number of fused-ring (bicyclic) bond motifs is 1. The zero-order valence-electron chi connectivity index (χ0n) is 11.0. The molecule has 0 bridgehead atoms. The van der Waals surface area contributed by atoms with Crippen LogP contribution in [0.3, 0.4) is 0 Å². The molecule has 100 valence electrons. The second-order valence-corrected chi connectivity index (χ2v) is 5.17. The number of alkyl halides is 1. The third-order valence-corrected chi connectivity index (χ3v) is 4.13. The van der Waals surface area contributed by atoms with Gasteiger partial charge < -0.3 is 9.64 Å². The third kappa shape index (κ3) is 2.23. The van der Waals surface area contributed by atoms with Crippen molar-refractivity contribution in [1.29, 1.82) is 0 Å². The zero-order chi connectivity index (χ0) is 13.2. The molecule has 19 heavy (non-hydrogen) atoms. The van der Waals surface area contributed by atoms with Crippen molar-refractivity contribution in [2.45, 2.75) is 18.9 Å². The van der Waals surface area contributed by atoms with Crippen molar-refractivity contribution in [3.05, 3.63) is 30.5 Å². The number of hydrogen-bond donors (Lipinski definition) is 0. The Balaban J connectivity index is 2.08. The van der Waals surface area contributed by atoms with Crippen LogP contribution in [0.1, 0.15) is 12.8 Å². The Labute approximate surface area is 118 Å². The van der Waals surface area contributed by atoms with Gasteiger partial charge in [0.1, 0.15) is 11.6 Å². The molecule has 0 radical (unpaired) electrons. The number of benzene rings is 1. The van der Waals surface area contributed by atoms with Gasteiger partial charge in [0.05, 0.1) is 7.11 Å². The minimum absolute atomic E-state index is 0.405. The molecule has 3 nitrogen and oxygen atoms in total. The molecule has 1 unspecified atom stereocenters. The lowest BCUT2D eigenvalue weighted by atomic mass is 10.1. The summed E-state index contributed by atoms with van der Waals surface area (Å²) in [6.45, 7) is 1.04. The van der Waals surface area contributed by atoms with Gasteiger partial charge in [-0.3, -0.25) is 0 Å². The first kappa shape index (κ1) is 12.5. The molecule has 4 heteroatoms. The Morgan fingerprint density at radius 3 is 3.11 bits per heavy atom. The van der Waals surface area contributed by atoms with Crippen LogP contribution in [0.2, 0.25) is 0 Å². The molecule has 1 fully saturated rings. The van der Waals surface area contributed by atoms with Gasteiger partial charge >= 0.3 is 0 Å². The van der Waals surface area contributed by atoms with Crippen LogP contribution in [0.4, 0.5) is 5.82 Å². The molecule has 0 aliphatic carbocycles. The van der Waals surface area contributed by atoms with E-state index in [-0.39, 0.29) is 0 Å². The minimum atomic E-state index is 0.405. The van der Waals surface area contributed by atoms with Crippen LogP contribution in [0.25, 0.3) is 10.8 Å². The summed E-state index contributed by atoms with van der Waals surface area (Å²) in [5.41, 5.74) is 0. The lowest BCUT2D eigenvalue weighted by Gasteiger charge is -2.25. The standard InChI is InChI=1S/C15H17ClN2O/c1-19-13-4-5-14-11(9-13)6-7-17-15(14)18-8-2-3-12(18)10-16/h4-7,9,12H,2-3,8,10H2,1H3. The first-order chi connectivity index (χ1) is 9.33. The SMILES string of the molecule is COc1ccc2c(N3CCCC3CCl)nccc2c1. The molecule has 1 aromatic carbocycles. The number of methoxy groups -OCH3 is 1. The van der Waals surface area contributed by atoms with Crippen molar-refractivity contribution in [2.24, 2.45) is 0 Å². The van der Waals surface area contributed by atoms with E-state index in [0.717, 1.165) is 29.9 Å². The molecule has 3 rings (SSSR count). The average molecular weight is 277 g/mol. The van der Waals surface area contributed by atoms with E-state index in [4.69, 9.17) is 16.3 Å². The van der Waals surface area contributed by atoms with E-state index in [1.54, 1.807) is 7.11 Å². The van der Waals surface area contributed by atoms with E-state index in [1.807, 2.05) is 24.4 Å². The number of halogens is 1. The number of anilines is 1. The van der Waals surface area contributed by atoms with Crippen LogP contribution in [0.5, 0.6) is 5.75 Å². The molecule has 0 amide bonds. The predicted molar refractivity (Wildman–Crippen MR) is 79.4 cm³/mol. The quantitative estimate of drug-likeness (QED) is 0.803. The summed E-state index contributed by atoms with van der Waals surface area (Å²) in [6.07, 6.45) is 4.20. The van der Waals surface area contributed by atoms with E-state index < -0.39 is 0 Å². The molecule has 2 heterocycles. The minimum Gasteiger partial charge on any atom is -0.497 e. The van der Waals surface area contributed by atoms with Crippen molar-refractivity contribution in [2.75, 3.05) is 24.4 Å². The van der Waals surface area contributed by atoms with Gasteiger partial charge in [-0.15, -0.1) is 11.6 Å². The fourth-order valence-electron chi connectivity index (χ4n) is 2.77. The molecule has 1 aliphatic rings. The third-order valence-electron chi connectivity index (χ3n) is 3.78. The molecular formula is C15H17ClN2O. The maximum absolute atomic E-state index is 6.06. The Morgan fingerprint density at radius 2 is 2.32 bits per heavy atom. The summed E-state index contributed by atoms with van der Waals surface area (Å²) in [6, 6.07) is 8.54. The molecule has 0 spiro atoms. The van der Waals surface area contributed by atoms with Crippen LogP contribution in [0, 0.1) is 0 Å². The summed E-state index contributed by atoms with van der Waals surface area (Å²) in [5, 5.41) is 2.32. The van der Waals surface area contributed by atoms with Crippen molar-refractivity contribution < 1.29 is 4.74 Å². The second kappa shape index (κ2) is 5.25. The number of aromatic nitrogens is 1. The maximum Gasteiger partial charge on any atom is 0.136 e. The van der Waals surface area contributed by atoms with Crippen molar-refractivity contribution >= 4 is 28.2 Å². The number of nitrogens with zero attached hydrogens (tertiary/aromatic N) is 2. The number of hydrogen-bond acceptors (Lipinski definition) is 3. The smallest absolute Gasteiger partial charge is 0.136 e. The molecule has 1 saturated heterocycles. The van der Waals surface area contributed by atoms with E-state index in [2.05, 4.69) is 16.0 Å². The highest BCUT2D eigenvalue weighted by Gasteiger charge is 2.25. The highest BCUT2D eigenvalue weighted by molar-refractivity contribution is 6.18. The van der Waals surface area contributed by atoms with E-state index >= 15 is 0 Å². The summed E-state index contributed by atoms with van der Waals surface area (Å²) in [5.74, 6) is 2.58. The van der Waals surface area contributed by atoms with Crippen molar-refractivity contribution in [3.8, 4) is 5.75 Å². The molecule has 0 N–H and O–H groups in total. The lowest BCUT2D eigenvalue weighted by molar-refractivity contribution is 0.415. The summed E-state index contributed by atoms with van der Waals surface area (Å²) < 4.78 is 5.27. The molecule has 0 saturated carbocycles. The van der Waals surface area contributed by atoms with Gasteiger partial charge in [0, 0.05) is 30.0 Å². The predicted octanol–water partition coefficient (Wildman–Crippen LogP) is 3.45. The van der Waals surface area contributed by atoms with E-state index in [0.29, 0.717) is 11.9 Å². The molecule has 1 aliphatic heterocycles. The van der Waals surface area contributed by atoms with Crippen LogP contribution < -0.4 is 9.64 Å². The van der Waals surface area contributed by atoms with E-state index in [9.17, 15) is 0 Å². The van der Waals surface area contributed by atoms with E-state index in [1.165, 1.54) is 11.8 Å². The Hall–Kier alpha value is -1.48. The second-order valence-electron chi connectivity index (χ2n) is 4.87. The zero-order valence-corrected chi connectivity index (χ0v) is 11.7. The van der Waals surface area contributed by atoms with Crippen LogP contribution in [0.15, 0.2) is 30.5 Å². The van der Waals surface area contributed by atoms with Gasteiger partial charge in [-0.2, -0.15) is 0 Å².